The van der Waals surface area contributed by atoms with E-state index in [1.165, 1.54) is 0 Å². The summed E-state index contributed by atoms with van der Waals surface area (Å²) >= 11 is 4.28. The topological polar surface area (TPSA) is 4.41 Å². The van der Waals surface area contributed by atoms with Gasteiger partial charge >= 0.3 is 0 Å². The van der Waals surface area contributed by atoms with Gasteiger partial charge in [0.15, 0.2) is 0 Å². The van der Waals surface area contributed by atoms with Crippen LogP contribution in [0.4, 0.5) is 0 Å². The second-order valence-corrected chi connectivity index (χ2v) is 2.68. The standard InChI is InChI=1S/C8H7NS/c10-8-4-6-9-5-2-1-3-7(8)9/h1-6,10H. The van der Waals surface area contributed by atoms with Gasteiger partial charge in [0.1, 0.15) is 0 Å². The van der Waals surface area contributed by atoms with Crippen molar-refractivity contribution >= 4 is 18.1 Å². The average molecular weight is 149 g/mol. The zero-order valence-electron chi connectivity index (χ0n) is 5.36. The summed E-state index contributed by atoms with van der Waals surface area (Å²) in [4.78, 5) is 1.03. The van der Waals surface area contributed by atoms with E-state index in [1.807, 2.05) is 41.1 Å². The maximum Gasteiger partial charge on any atom is 0.0583 e. The van der Waals surface area contributed by atoms with E-state index in [9.17, 15) is 0 Å². The molecule has 0 radical (unpaired) electrons. The van der Waals surface area contributed by atoms with Crippen LogP contribution in [0, 0.1) is 0 Å². The number of aromatic nitrogens is 1. The van der Waals surface area contributed by atoms with Crippen LogP contribution >= 0.6 is 12.6 Å². The van der Waals surface area contributed by atoms with Crippen molar-refractivity contribution in [3.8, 4) is 0 Å². The molecule has 2 aromatic heterocycles. The van der Waals surface area contributed by atoms with E-state index in [4.69, 9.17) is 0 Å². The second kappa shape index (κ2) is 2.06. The Morgan fingerprint density at radius 3 is 2.80 bits per heavy atom. The molecule has 2 aromatic rings. The van der Waals surface area contributed by atoms with Crippen molar-refractivity contribution in [2.45, 2.75) is 4.90 Å². The van der Waals surface area contributed by atoms with Crippen molar-refractivity contribution in [3.05, 3.63) is 36.7 Å². The molecule has 10 heavy (non-hydrogen) atoms. The summed E-state index contributed by atoms with van der Waals surface area (Å²) in [5, 5.41) is 0. The fraction of sp³-hybridized carbons (Fsp3) is 0. The first-order valence-corrected chi connectivity index (χ1v) is 3.57. The second-order valence-electron chi connectivity index (χ2n) is 2.19. The normalized spacial score (nSPS) is 10.5. The van der Waals surface area contributed by atoms with Gasteiger partial charge in [-0.25, -0.2) is 0 Å². The molecule has 0 aliphatic rings. The molecule has 0 aromatic carbocycles. The number of thiol groups is 1. The molecule has 50 valence electrons. The molecule has 0 saturated heterocycles. The van der Waals surface area contributed by atoms with E-state index in [2.05, 4.69) is 12.6 Å². The largest absolute Gasteiger partial charge is 0.323 e. The molecule has 2 heterocycles. The summed E-state index contributed by atoms with van der Waals surface area (Å²) in [6.45, 7) is 0. The van der Waals surface area contributed by atoms with E-state index >= 15 is 0 Å². The summed E-state index contributed by atoms with van der Waals surface area (Å²) in [5.74, 6) is 0. The minimum Gasteiger partial charge on any atom is -0.323 e. The minimum atomic E-state index is 1.03. The molecule has 1 nitrogen and oxygen atoms in total. The van der Waals surface area contributed by atoms with Crippen LogP contribution in [0.5, 0.6) is 0 Å². The molecule has 0 aliphatic carbocycles. The molecule has 2 heteroatoms. The molecule has 0 unspecified atom stereocenters. The Morgan fingerprint density at radius 1 is 1.10 bits per heavy atom. The molecule has 0 atom stereocenters. The summed E-state index contributed by atoms with van der Waals surface area (Å²) in [6, 6.07) is 8.04. The van der Waals surface area contributed by atoms with Crippen molar-refractivity contribution in [2.75, 3.05) is 0 Å². The highest BCUT2D eigenvalue weighted by Crippen LogP contribution is 2.14. The third kappa shape index (κ3) is 0.727. The Hall–Kier alpha value is -0.890. The molecule has 2 rings (SSSR count). The number of pyridine rings is 1. The lowest BCUT2D eigenvalue weighted by Crippen LogP contribution is -1.76. The van der Waals surface area contributed by atoms with Crippen LogP contribution in [0.1, 0.15) is 0 Å². The van der Waals surface area contributed by atoms with Gasteiger partial charge in [0.2, 0.25) is 0 Å². The van der Waals surface area contributed by atoms with Crippen LogP contribution < -0.4 is 0 Å². The van der Waals surface area contributed by atoms with Gasteiger partial charge < -0.3 is 4.40 Å². The predicted molar refractivity (Wildman–Crippen MR) is 44.6 cm³/mol. The van der Waals surface area contributed by atoms with Crippen molar-refractivity contribution in [1.82, 2.24) is 4.40 Å². The van der Waals surface area contributed by atoms with E-state index in [1.54, 1.807) is 0 Å². The number of nitrogens with zero attached hydrogens (tertiary/aromatic N) is 1. The Morgan fingerprint density at radius 2 is 2.00 bits per heavy atom. The highest BCUT2D eigenvalue weighted by molar-refractivity contribution is 7.80. The highest BCUT2D eigenvalue weighted by atomic mass is 32.1. The van der Waals surface area contributed by atoms with Crippen LogP contribution in [0.15, 0.2) is 41.6 Å². The van der Waals surface area contributed by atoms with Gasteiger partial charge in [0, 0.05) is 17.3 Å². The third-order valence-electron chi connectivity index (χ3n) is 1.55. The number of rotatable bonds is 0. The van der Waals surface area contributed by atoms with Crippen LogP contribution in [0.2, 0.25) is 0 Å². The quantitative estimate of drug-likeness (QED) is 0.548. The lowest BCUT2D eigenvalue weighted by Gasteiger charge is -1.91. The molecule has 0 spiro atoms. The van der Waals surface area contributed by atoms with Gasteiger partial charge in [-0.05, 0) is 18.2 Å². The lowest BCUT2D eigenvalue weighted by molar-refractivity contribution is 1.19. The van der Waals surface area contributed by atoms with Gasteiger partial charge in [-0.3, -0.25) is 0 Å². The first-order chi connectivity index (χ1) is 4.88. The number of hydrogen-bond donors (Lipinski definition) is 1. The molecule has 0 fully saturated rings. The Bertz CT molecular complexity index is 351. The monoisotopic (exact) mass is 149 g/mol. The molecule has 0 amide bonds. The maximum atomic E-state index is 4.28. The van der Waals surface area contributed by atoms with Gasteiger partial charge in [-0.2, -0.15) is 0 Å². The van der Waals surface area contributed by atoms with Crippen LogP contribution in [-0.4, -0.2) is 4.40 Å². The van der Waals surface area contributed by atoms with Crippen molar-refractivity contribution in [1.29, 1.82) is 0 Å². The van der Waals surface area contributed by atoms with E-state index in [0.717, 1.165) is 10.4 Å². The molecular formula is C8H7NS. The average Bonchev–Trinajstić information content (AvgIpc) is 2.34. The number of hydrogen-bond acceptors (Lipinski definition) is 1. The molecule has 0 aliphatic heterocycles. The van der Waals surface area contributed by atoms with Gasteiger partial charge in [-0.1, -0.05) is 6.07 Å². The first kappa shape index (κ1) is 5.86. The smallest absolute Gasteiger partial charge is 0.0583 e. The van der Waals surface area contributed by atoms with Gasteiger partial charge in [-0.15, -0.1) is 12.6 Å². The first-order valence-electron chi connectivity index (χ1n) is 3.12. The number of fused-ring (bicyclic) bond motifs is 1. The Balaban J connectivity index is 2.93. The van der Waals surface area contributed by atoms with Crippen LogP contribution in [0.3, 0.4) is 0 Å². The Labute approximate surface area is 64.7 Å². The van der Waals surface area contributed by atoms with Crippen molar-refractivity contribution < 1.29 is 0 Å². The summed E-state index contributed by atoms with van der Waals surface area (Å²) < 4.78 is 2.04. The van der Waals surface area contributed by atoms with Gasteiger partial charge in [0.25, 0.3) is 0 Å². The molecule has 0 saturated carbocycles. The zero-order valence-corrected chi connectivity index (χ0v) is 6.25. The van der Waals surface area contributed by atoms with Crippen LogP contribution in [0.25, 0.3) is 5.52 Å². The third-order valence-corrected chi connectivity index (χ3v) is 1.92. The Kier molecular flexibility index (Phi) is 1.21. The molecule has 0 bridgehead atoms. The van der Waals surface area contributed by atoms with E-state index in [0.29, 0.717) is 0 Å². The zero-order chi connectivity index (χ0) is 6.97. The van der Waals surface area contributed by atoms with E-state index in [-0.39, 0.29) is 0 Å². The SMILES string of the molecule is Sc1ccn2ccccc12. The minimum absolute atomic E-state index is 1.03. The van der Waals surface area contributed by atoms with Gasteiger partial charge in [0.05, 0.1) is 5.52 Å². The van der Waals surface area contributed by atoms with Crippen molar-refractivity contribution in [2.24, 2.45) is 0 Å². The summed E-state index contributed by atoms with van der Waals surface area (Å²) in [5.41, 5.74) is 1.16. The summed E-state index contributed by atoms with van der Waals surface area (Å²) in [6.07, 6.45) is 4.01. The van der Waals surface area contributed by atoms with Crippen molar-refractivity contribution in [3.63, 3.8) is 0 Å². The molecular weight excluding hydrogens is 142 g/mol. The lowest BCUT2D eigenvalue weighted by atomic mass is 10.4. The van der Waals surface area contributed by atoms with Crippen LogP contribution in [-0.2, 0) is 0 Å². The predicted octanol–water partition coefficient (Wildman–Crippen LogP) is 2.23. The maximum absolute atomic E-state index is 4.28. The highest BCUT2D eigenvalue weighted by Gasteiger charge is 1.93. The fourth-order valence-electron chi connectivity index (χ4n) is 1.04. The summed E-state index contributed by atoms with van der Waals surface area (Å²) in [7, 11) is 0. The fourth-order valence-corrected chi connectivity index (χ4v) is 1.30. The van der Waals surface area contributed by atoms with E-state index < -0.39 is 0 Å². The molecule has 0 N–H and O–H groups in total.